The van der Waals surface area contributed by atoms with E-state index in [4.69, 9.17) is 0 Å². The van der Waals surface area contributed by atoms with Crippen LogP contribution in [0.3, 0.4) is 0 Å². The van der Waals surface area contributed by atoms with E-state index in [1.54, 1.807) is 6.20 Å². The van der Waals surface area contributed by atoms with Gasteiger partial charge in [-0.15, -0.1) is 10.2 Å². The molecule has 8 heteroatoms. The summed E-state index contributed by atoms with van der Waals surface area (Å²) in [6, 6.07) is 4.99. The molecule has 1 atom stereocenters. The topological polar surface area (TPSA) is 75.9 Å². The molecule has 0 radical (unpaired) electrons. The van der Waals surface area contributed by atoms with Gasteiger partial charge in [-0.25, -0.2) is 4.68 Å². The fraction of sp³-hybridized carbons (Fsp3) is 0.667. The van der Waals surface area contributed by atoms with E-state index in [9.17, 15) is 0 Å². The Hall–Kier alpha value is -2.09. The number of anilines is 1. The molecule has 0 amide bonds. The molecule has 2 fully saturated rings. The first-order valence-corrected chi connectivity index (χ1v) is 8.31. The lowest BCUT2D eigenvalue weighted by molar-refractivity contribution is 0.289. The maximum absolute atomic E-state index is 4.26. The zero-order valence-electron chi connectivity index (χ0n) is 13.4. The summed E-state index contributed by atoms with van der Waals surface area (Å²) < 4.78 is 1.99. The first-order chi connectivity index (χ1) is 11.3. The van der Waals surface area contributed by atoms with E-state index in [0.717, 1.165) is 31.3 Å². The lowest BCUT2D eigenvalue weighted by atomic mass is 10.2. The van der Waals surface area contributed by atoms with Crippen molar-refractivity contribution in [2.75, 3.05) is 25.0 Å². The number of tetrazole rings is 1. The minimum Gasteiger partial charge on any atom is -0.351 e. The predicted molar refractivity (Wildman–Crippen MR) is 84.8 cm³/mol. The highest BCUT2D eigenvalue weighted by atomic mass is 15.6. The van der Waals surface area contributed by atoms with Gasteiger partial charge >= 0.3 is 0 Å². The summed E-state index contributed by atoms with van der Waals surface area (Å²) in [4.78, 5) is 4.68. The van der Waals surface area contributed by atoms with Crippen molar-refractivity contribution >= 4 is 5.82 Å². The number of rotatable bonds is 6. The van der Waals surface area contributed by atoms with Crippen LogP contribution < -0.4 is 4.90 Å². The lowest BCUT2D eigenvalue weighted by Gasteiger charge is -2.28. The molecular formula is C15H22N8. The first-order valence-electron chi connectivity index (χ1n) is 8.31. The standard InChI is InChI=1S/C15H22N8/c1-21(11-15-18-19-20-23(15)12-6-7-12)10-13-4-3-9-22(13)14-5-2-8-16-17-14/h2,5,8,12-13H,3-4,6-7,9-11H2,1H3/t13-/m1/s1. The highest BCUT2D eigenvalue weighted by molar-refractivity contribution is 5.39. The zero-order chi connectivity index (χ0) is 15.6. The van der Waals surface area contributed by atoms with Crippen molar-refractivity contribution in [3.8, 4) is 0 Å². The summed E-state index contributed by atoms with van der Waals surface area (Å²) in [6.45, 7) is 2.82. The van der Waals surface area contributed by atoms with Crippen molar-refractivity contribution in [3.63, 3.8) is 0 Å². The summed E-state index contributed by atoms with van der Waals surface area (Å²) in [6.07, 6.45) is 6.51. The Morgan fingerprint density at radius 1 is 1.26 bits per heavy atom. The Kier molecular flexibility index (Phi) is 3.90. The fourth-order valence-electron chi connectivity index (χ4n) is 3.36. The lowest BCUT2D eigenvalue weighted by Crippen LogP contribution is -2.39. The molecule has 1 saturated heterocycles. The van der Waals surface area contributed by atoms with Crippen molar-refractivity contribution in [3.05, 3.63) is 24.2 Å². The normalized spacial score (nSPS) is 21.3. The highest BCUT2D eigenvalue weighted by Gasteiger charge is 2.30. The van der Waals surface area contributed by atoms with Gasteiger partial charge in [0.05, 0.1) is 12.6 Å². The Labute approximate surface area is 135 Å². The summed E-state index contributed by atoms with van der Waals surface area (Å²) in [7, 11) is 2.14. The van der Waals surface area contributed by atoms with Gasteiger partial charge in [0.25, 0.3) is 0 Å². The maximum Gasteiger partial charge on any atom is 0.165 e. The SMILES string of the molecule is CN(Cc1nnnn1C1CC1)C[C@H]1CCCN1c1cccnn1. The summed E-state index contributed by atoms with van der Waals surface area (Å²) in [5.74, 6) is 1.95. The van der Waals surface area contributed by atoms with Gasteiger partial charge in [0.15, 0.2) is 11.6 Å². The van der Waals surface area contributed by atoms with E-state index in [1.807, 2.05) is 16.8 Å². The number of aromatic nitrogens is 6. The number of hydrogen-bond donors (Lipinski definition) is 0. The monoisotopic (exact) mass is 314 g/mol. The summed E-state index contributed by atoms with van der Waals surface area (Å²) in [5, 5.41) is 20.4. The minimum absolute atomic E-state index is 0.474. The molecule has 1 saturated carbocycles. The van der Waals surface area contributed by atoms with Gasteiger partial charge in [0.2, 0.25) is 0 Å². The van der Waals surface area contributed by atoms with Crippen LogP contribution in [0.15, 0.2) is 18.3 Å². The molecule has 1 aliphatic carbocycles. The Bertz CT molecular complexity index is 638. The molecule has 0 unspecified atom stereocenters. The van der Waals surface area contributed by atoms with Crippen molar-refractivity contribution in [1.82, 2.24) is 35.3 Å². The van der Waals surface area contributed by atoms with Gasteiger partial charge in [-0.1, -0.05) is 0 Å². The van der Waals surface area contributed by atoms with Crippen LogP contribution in [0.4, 0.5) is 5.82 Å². The molecule has 0 bridgehead atoms. The van der Waals surface area contributed by atoms with E-state index in [0.29, 0.717) is 12.1 Å². The van der Waals surface area contributed by atoms with Crippen molar-refractivity contribution in [1.29, 1.82) is 0 Å². The van der Waals surface area contributed by atoms with E-state index in [1.165, 1.54) is 25.7 Å². The van der Waals surface area contributed by atoms with Crippen LogP contribution in [0, 0.1) is 0 Å². The fourth-order valence-corrected chi connectivity index (χ4v) is 3.36. The maximum atomic E-state index is 4.26. The number of hydrogen-bond acceptors (Lipinski definition) is 7. The molecule has 0 N–H and O–H groups in total. The van der Waals surface area contributed by atoms with Crippen LogP contribution in [0.2, 0.25) is 0 Å². The van der Waals surface area contributed by atoms with Gasteiger partial charge in [0, 0.05) is 25.3 Å². The quantitative estimate of drug-likeness (QED) is 0.784. The third-order valence-corrected chi connectivity index (χ3v) is 4.62. The van der Waals surface area contributed by atoms with E-state index in [-0.39, 0.29) is 0 Å². The van der Waals surface area contributed by atoms with E-state index in [2.05, 4.69) is 42.6 Å². The van der Waals surface area contributed by atoms with E-state index >= 15 is 0 Å². The van der Waals surface area contributed by atoms with Gasteiger partial charge in [-0.3, -0.25) is 4.90 Å². The van der Waals surface area contributed by atoms with Crippen LogP contribution in [0.1, 0.15) is 37.5 Å². The molecule has 23 heavy (non-hydrogen) atoms. The zero-order valence-corrected chi connectivity index (χ0v) is 13.4. The Balaban J connectivity index is 1.39. The van der Waals surface area contributed by atoms with Crippen LogP contribution in [0.5, 0.6) is 0 Å². The molecule has 122 valence electrons. The Morgan fingerprint density at radius 3 is 2.96 bits per heavy atom. The molecule has 2 aromatic rings. The predicted octanol–water partition coefficient (Wildman–Crippen LogP) is 0.899. The summed E-state index contributed by atoms with van der Waals surface area (Å²) in [5.41, 5.74) is 0. The van der Waals surface area contributed by atoms with Crippen LogP contribution in [-0.4, -0.2) is 61.5 Å². The van der Waals surface area contributed by atoms with Gasteiger partial charge in [0.1, 0.15) is 0 Å². The molecule has 2 aliphatic rings. The molecule has 1 aliphatic heterocycles. The molecular weight excluding hydrogens is 292 g/mol. The second-order valence-corrected chi connectivity index (χ2v) is 6.54. The smallest absolute Gasteiger partial charge is 0.165 e. The third kappa shape index (κ3) is 3.17. The molecule has 8 nitrogen and oxygen atoms in total. The minimum atomic E-state index is 0.474. The van der Waals surface area contributed by atoms with Gasteiger partial charge in [-0.2, -0.15) is 5.10 Å². The van der Waals surface area contributed by atoms with Gasteiger partial charge in [-0.05, 0) is 55.3 Å². The first kappa shape index (κ1) is 14.5. The average molecular weight is 314 g/mol. The number of likely N-dealkylation sites (N-methyl/N-ethyl adjacent to an activating group) is 1. The van der Waals surface area contributed by atoms with Crippen LogP contribution in [-0.2, 0) is 6.54 Å². The number of nitrogens with zero attached hydrogens (tertiary/aromatic N) is 8. The van der Waals surface area contributed by atoms with Crippen LogP contribution >= 0.6 is 0 Å². The second-order valence-electron chi connectivity index (χ2n) is 6.54. The Morgan fingerprint density at radius 2 is 2.17 bits per heavy atom. The molecule has 0 aromatic carbocycles. The highest BCUT2D eigenvalue weighted by Crippen LogP contribution is 2.34. The molecule has 3 heterocycles. The van der Waals surface area contributed by atoms with E-state index < -0.39 is 0 Å². The summed E-state index contributed by atoms with van der Waals surface area (Å²) >= 11 is 0. The second kappa shape index (κ2) is 6.19. The van der Waals surface area contributed by atoms with Gasteiger partial charge < -0.3 is 4.90 Å². The molecule has 2 aromatic heterocycles. The molecule has 4 rings (SSSR count). The van der Waals surface area contributed by atoms with Crippen molar-refractivity contribution in [2.45, 2.75) is 44.3 Å². The van der Waals surface area contributed by atoms with Crippen molar-refractivity contribution < 1.29 is 0 Å². The molecule has 0 spiro atoms. The van der Waals surface area contributed by atoms with Crippen LogP contribution in [0.25, 0.3) is 0 Å². The third-order valence-electron chi connectivity index (χ3n) is 4.62. The largest absolute Gasteiger partial charge is 0.351 e. The van der Waals surface area contributed by atoms with Crippen molar-refractivity contribution in [2.24, 2.45) is 0 Å². The average Bonchev–Trinajstić information content (AvgIpc) is 3.13.